The Morgan fingerprint density at radius 1 is 1.03 bits per heavy atom. The number of nitrogens with one attached hydrogen (secondary N) is 2. The molecule has 1 aliphatic heterocycles. The molecule has 1 aliphatic carbocycles. The fourth-order valence-corrected chi connectivity index (χ4v) is 3.65. The van der Waals surface area contributed by atoms with Gasteiger partial charge in [-0.3, -0.25) is 14.5 Å². The molecule has 2 aromatic carbocycles. The van der Waals surface area contributed by atoms with Crippen LogP contribution in [0.5, 0.6) is 5.75 Å². The van der Waals surface area contributed by atoms with Gasteiger partial charge in [0.15, 0.2) is 6.61 Å². The van der Waals surface area contributed by atoms with Gasteiger partial charge in [0.2, 0.25) is 0 Å². The van der Waals surface area contributed by atoms with Gasteiger partial charge in [-0.15, -0.1) is 0 Å². The highest BCUT2D eigenvalue weighted by Crippen LogP contribution is 2.18. The van der Waals surface area contributed by atoms with Gasteiger partial charge in [0, 0.05) is 37.8 Å². The second kappa shape index (κ2) is 11.1. The summed E-state index contributed by atoms with van der Waals surface area (Å²) in [5.74, 6) is 0.532. The maximum atomic E-state index is 12.6. The van der Waals surface area contributed by atoms with E-state index in [0.717, 1.165) is 63.2 Å². The predicted molar refractivity (Wildman–Crippen MR) is 122 cm³/mol. The van der Waals surface area contributed by atoms with Crippen molar-refractivity contribution in [3.05, 3.63) is 65.2 Å². The molecular weight excluding hydrogens is 406 g/mol. The second-order valence-corrected chi connectivity index (χ2v) is 8.37. The molecule has 2 fully saturated rings. The molecule has 0 unspecified atom stereocenters. The van der Waals surface area contributed by atoms with Gasteiger partial charge in [0.1, 0.15) is 5.75 Å². The van der Waals surface area contributed by atoms with Crippen molar-refractivity contribution in [2.75, 3.05) is 39.5 Å². The van der Waals surface area contributed by atoms with Crippen LogP contribution < -0.4 is 15.4 Å². The molecule has 0 radical (unpaired) electrons. The monoisotopic (exact) mass is 437 g/mol. The Labute approximate surface area is 189 Å². The molecule has 2 aromatic rings. The fourth-order valence-electron chi connectivity index (χ4n) is 3.65. The SMILES string of the molecule is O=C(COc1ccc(CCNC(=O)c2cccc(CN3CCOCC3)c2)cc1)NC1CC1. The summed E-state index contributed by atoms with van der Waals surface area (Å²) in [5, 5.41) is 5.90. The molecule has 0 atom stereocenters. The average Bonchev–Trinajstić information content (AvgIpc) is 3.63. The van der Waals surface area contributed by atoms with Crippen LogP contribution >= 0.6 is 0 Å². The smallest absolute Gasteiger partial charge is 0.258 e. The molecule has 1 saturated carbocycles. The quantitative estimate of drug-likeness (QED) is 0.596. The minimum absolute atomic E-state index is 0.0382. The first-order chi connectivity index (χ1) is 15.7. The first-order valence-corrected chi connectivity index (χ1v) is 11.3. The van der Waals surface area contributed by atoms with Gasteiger partial charge < -0.3 is 20.1 Å². The van der Waals surface area contributed by atoms with Crippen molar-refractivity contribution < 1.29 is 19.1 Å². The van der Waals surface area contributed by atoms with E-state index in [1.54, 1.807) is 0 Å². The lowest BCUT2D eigenvalue weighted by Gasteiger charge is -2.26. The first-order valence-electron chi connectivity index (χ1n) is 11.3. The molecule has 4 rings (SSSR count). The van der Waals surface area contributed by atoms with Crippen LogP contribution in [0.1, 0.15) is 34.3 Å². The van der Waals surface area contributed by atoms with E-state index in [2.05, 4.69) is 21.6 Å². The van der Waals surface area contributed by atoms with E-state index in [1.165, 1.54) is 0 Å². The van der Waals surface area contributed by atoms with Crippen molar-refractivity contribution in [1.29, 1.82) is 0 Å². The van der Waals surface area contributed by atoms with Gasteiger partial charge in [0.25, 0.3) is 11.8 Å². The van der Waals surface area contributed by atoms with Crippen molar-refractivity contribution in [2.24, 2.45) is 0 Å². The van der Waals surface area contributed by atoms with Crippen LogP contribution in [0.3, 0.4) is 0 Å². The van der Waals surface area contributed by atoms with E-state index in [1.807, 2.05) is 42.5 Å². The minimum Gasteiger partial charge on any atom is -0.484 e. The van der Waals surface area contributed by atoms with Crippen LogP contribution in [0.2, 0.25) is 0 Å². The summed E-state index contributed by atoms with van der Waals surface area (Å²) >= 11 is 0. The molecule has 2 aliphatic rings. The van der Waals surface area contributed by atoms with Crippen LogP contribution in [0.4, 0.5) is 0 Å². The number of nitrogens with zero attached hydrogens (tertiary/aromatic N) is 1. The molecule has 7 nitrogen and oxygen atoms in total. The molecule has 0 aromatic heterocycles. The standard InChI is InChI=1S/C25H31N3O4/c29-24(27-22-6-7-22)18-32-23-8-4-19(5-9-23)10-11-26-25(30)21-3-1-2-20(16-21)17-28-12-14-31-15-13-28/h1-5,8-9,16,22H,6-7,10-15,17-18H2,(H,26,30)(H,27,29). The summed E-state index contributed by atoms with van der Waals surface area (Å²) in [6, 6.07) is 15.8. The molecule has 170 valence electrons. The highest BCUT2D eigenvalue weighted by Gasteiger charge is 2.23. The van der Waals surface area contributed by atoms with Crippen LogP contribution in [0, 0.1) is 0 Å². The number of ether oxygens (including phenoxy) is 2. The lowest BCUT2D eigenvalue weighted by molar-refractivity contribution is -0.123. The fraction of sp³-hybridized carbons (Fsp3) is 0.440. The van der Waals surface area contributed by atoms with Crippen LogP contribution in [0.25, 0.3) is 0 Å². The lowest BCUT2D eigenvalue weighted by atomic mass is 10.1. The van der Waals surface area contributed by atoms with Crippen molar-refractivity contribution in [3.63, 3.8) is 0 Å². The second-order valence-electron chi connectivity index (χ2n) is 8.37. The third-order valence-corrected chi connectivity index (χ3v) is 5.63. The Morgan fingerprint density at radius 3 is 2.56 bits per heavy atom. The third kappa shape index (κ3) is 7.07. The molecule has 1 saturated heterocycles. The molecule has 32 heavy (non-hydrogen) atoms. The number of rotatable bonds is 10. The summed E-state index contributed by atoms with van der Waals surface area (Å²) in [5.41, 5.74) is 2.92. The van der Waals surface area contributed by atoms with Gasteiger partial charge in [-0.2, -0.15) is 0 Å². The highest BCUT2D eigenvalue weighted by atomic mass is 16.5. The number of amides is 2. The van der Waals surface area contributed by atoms with Crippen molar-refractivity contribution in [3.8, 4) is 5.75 Å². The zero-order valence-electron chi connectivity index (χ0n) is 18.3. The van der Waals surface area contributed by atoms with Crippen molar-refractivity contribution in [1.82, 2.24) is 15.5 Å². The first kappa shape index (κ1) is 22.3. The number of morpholine rings is 1. The van der Waals surface area contributed by atoms with Gasteiger partial charge in [-0.1, -0.05) is 24.3 Å². The summed E-state index contributed by atoms with van der Waals surface area (Å²) < 4.78 is 10.9. The largest absolute Gasteiger partial charge is 0.484 e. The number of carbonyl (C=O) groups is 2. The maximum absolute atomic E-state index is 12.6. The number of benzene rings is 2. The third-order valence-electron chi connectivity index (χ3n) is 5.63. The van der Waals surface area contributed by atoms with Crippen LogP contribution in [0.15, 0.2) is 48.5 Å². The molecule has 7 heteroatoms. The molecule has 0 bridgehead atoms. The minimum atomic E-state index is -0.0756. The van der Waals surface area contributed by atoms with E-state index in [0.29, 0.717) is 23.9 Å². The molecule has 0 spiro atoms. The Hall–Kier alpha value is -2.90. The van der Waals surface area contributed by atoms with E-state index >= 15 is 0 Å². The Morgan fingerprint density at radius 2 is 1.81 bits per heavy atom. The summed E-state index contributed by atoms with van der Waals surface area (Å²) in [7, 11) is 0. The normalized spacial score (nSPS) is 16.4. The highest BCUT2D eigenvalue weighted by molar-refractivity contribution is 5.94. The Balaban J connectivity index is 1.18. The molecule has 2 amide bonds. The van der Waals surface area contributed by atoms with Crippen LogP contribution in [-0.4, -0.2) is 62.2 Å². The van der Waals surface area contributed by atoms with E-state index < -0.39 is 0 Å². The van der Waals surface area contributed by atoms with Gasteiger partial charge in [0.05, 0.1) is 13.2 Å². The summed E-state index contributed by atoms with van der Waals surface area (Å²) in [6.07, 6.45) is 2.86. The van der Waals surface area contributed by atoms with Gasteiger partial charge in [-0.25, -0.2) is 0 Å². The Kier molecular flexibility index (Phi) is 7.74. The average molecular weight is 438 g/mol. The van der Waals surface area contributed by atoms with E-state index in [9.17, 15) is 9.59 Å². The lowest BCUT2D eigenvalue weighted by Crippen LogP contribution is -2.35. The Bertz CT molecular complexity index is 906. The van der Waals surface area contributed by atoms with Crippen molar-refractivity contribution in [2.45, 2.75) is 31.8 Å². The number of hydrogen-bond donors (Lipinski definition) is 2. The van der Waals surface area contributed by atoms with Gasteiger partial charge >= 0.3 is 0 Å². The molecular formula is C25H31N3O4. The number of hydrogen-bond acceptors (Lipinski definition) is 5. The zero-order valence-corrected chi connectivity index (χ0v) is 18.3. The van der Waals surface area contributed by atoms with E-state index in [4.69, 9.17) is 9.47 Å². The van der Waals surface area contributed by atoms with E-state index in [-0.39, 0.29) is 18.4 Å². The summed E-state index contributed by atoms with van der Waals surface area (Å²) in [4.78, 5) is 26.6. The topological polar surface area (TPSA) is 79.9 Å². The molecule has 1 heterocycles. The molecule has 2 N–H and O–H groups in total. The zero-order chi connectivity index (χ0) is 22.2. The number of carbonyl (C=O) groups excluding carboxylic acids is 2. The van der Waals surface area contributed by atoms with Crippen molar-refractivity contribution >= 4 is 11.8 Å². The summed E-state index contributed by atoms with van der Waals surface area (Å²) in [6.45, 7) is 4.81. The van der Waals surface area contributed by atoms with Crippen LogP contribution in [-0.2, 0) is 22.5 Å². The predicted octanol–water partition coefficient (Wildman–Crippen LogP) is 2.15. The maximum Gasteiger partial charge on any atom is 0.258 e. The van der Waals surface area contributed by atoms with Gasteiger partial charge in [-0.05, 0) is 54.7 Å².